The molecule has 1 aliphatic heterocycles. The van der Waals surface area contributed by atoms with E-state index < -0.39 is 0 Å². The van der Waals surface area contributed by atoms with Gasteiger partial charge >= 0.3 is 0 Å². The Hall–Kier alpha value is -3.06. The Morgan fingerprint density at radius 1 is 1.00 bits per heavy atom. The van der Waals surface area contributed by atoms with Crippen molar-refractivity contribution in [2.24, 2.45) is 11.8 Å². The van der Waals surface area contributed by atoms with E-state index in [1.54, 1.807) is 12.1 Å². The van der Waals surface area contributed by atoms with Gasteiger partial charge in [0.05, 0.1) is 29.9 Å². The molecule has 1 N–H and O–H groups in total. The van der Waals surface area contributed by atoms with Crippen molar-refractivity contribution in [3.63, 3.8) is 0 Å². The Morgan fingerprint density at radius 2 is 1.64 bits per heavy atom. The van der Waals surface area contributed by atoms with Crippen LogP contribution in [0.1, 0.15) is 32.6 Å². The number of carbonyl (C=O) groups excluding carboxylic acids is 3. The fourth-order valence-electron chi connectivity index (χ4n) is 4.06. The number of hydrogen-bond donors (Lipinski definition) is 1. The van der Waals surface area contributed by atoms with Crippen LogP contribution in [0.4, 0.5) is 11.4 Å². The molecule has 0 aromatic heterocycles. The summed E-state index contributed by atoms with van der Waals surface area (Å²) in [5, 5.41) is 2.88. The predicted octanol–water partition coefficient (Wildman–Crippen LogP) is 5.05. The number of imide groups is 1. The summed E-state index contributed by atoms with van der Waals surface area (Å²) in [6, 6.07) is 14.6. The molecule has 1 heterocycles. The van der Waals surface area contributed by atoms with E-state index in [1.165, 1.54) is 16.7 Å². The number of unbranched alkanes of at least 4 members (excludes halogenated alkanes) is 1. The zero-order chi connectivity index (χ0) is 23.2. The van der Waals surface area contributed by atoms with Gasteiger partial charge in [-0.2, -0.15) is 0 Å². The van der Waals surface area contributed by atoms with Gasteiger partial charge in [0.15, 0.2) is 0 Å². The van der Waals surface area contributed by atoms with E-state index in [0.717, 1.165) is 29.2 Å². The first-order chi connectivity index (χ1) is 16.1. The summed E-state index contributed by atoms with van der Waals surface area (Å²) in [4.78, 5) is 40.0. The second-order valence-corrected chi connectivity index (χ2v) is 9.27. The van der Waals surface area contributed by atoms with E-state index in [9.17, 15) is 14.4 Å². The summed E-state index contributed by atoms with van der Waals surface area (Å²) in [6.45, 7) is 2.81. The van der Waals surface area contributed by atoms with Gasteiger partial charge in [0.1, 0.15) is 5.75 Å². The van der Waals surface area contributed by atoms with Crippen molar-refractivity contribution < 1.29 is 19.1 Å². The highest BCUT2D eigenvalue weighted by Crippen LogP contribution is 2.38. The van der Waals surface area contributed by atoms with Gasteiger partial charge in [-0.3, -0.25) is 19.3 Å². The van der Waals surface area contributed by atoms with E-state index in [1.807, 2.05) is 48.6 Å². The summed E-state index contributed by atoms with van der Waals surface area (Å²) in [7, 11) is 0. The molecular weight excluding hydrogens is 436 g/mol. The Bertz CT molecular complexity index is 1010. The lowest BCUT2D eigenvalue weighted by atomic mass is 9.85. The molecule has 0 unspecified atom stereocenters. The maximum Gasteiger partial charge on any atom is 0.238 e. The van der Waals surface area contributed by atoms with Gasteiger partial charge in [0.25, 0.3) is 0 Å². The molecule has 33 heavy (non-hydrogen) atoms. The number of hydrogen-bond acceptors (Lipinski definition) is 5. The van der Waals surface area contributed by atoms with Gasteiger partial charge in [0, 0.05) is 10.6 Å². The number of anilines is 2. The van der Waals surface area contributed by atoms with Gasteiger partial charge < -0.3 is 10.1 Å². The molecule has 1 aliphatic carbocycles. The minimum Gasteiger partial charge on any atom is -0.494 e. The molecule has 1 saturated heterocycles. The van der Waals surface area contributed by atoms with E-state index >= 15 is 0 Å². The largest absolute Gasteiger partial charge is 0.494 e. The minimum absolute atomic E-state index is 0.106. The topological polar surface area (TPSA) is 75.7 Å². The number of thioether (sulfide) groups is 1. The highest BCUT2D eigenvalue weighted by Gasteiger charge is 2.47. The molecule has 3 amide bonds. The smallest absolute Gasteiger partial charge is 0.238 e. The van der Waals surface area contributed by atoms with Crippen molar-refractivity contribution in [3.05, 3.63) is 60.7 Å². The predicted molar refractivity (Wildman–Crippen MR) is 130 cm³/mol. The average molecular weight is 465 g/mol. The first-order valence-corrected chi connectivity index (χ1v) is 12.3. The maximum atomic E-state index is 12.7. The molecule has 0 saturated carbocycles. The Balaban J connectivity index is 1.28. The van der Waals surface area contributed by atoms with Gasteiger partial charge in [-0.15, -0.1) is 11.8 Å². The second kappa shape index (κ2) is 10.7. The lowest BCUT2D eigenvalue weighted by molar-refractivity contribution is -0.122. The maximum absolute atomic E-state index is 12.7. The van der Waals surface area contributed by atoms with Crippen LogP contribution in [0.5, 0.6) is 5.75 Å². The zero-order valence-electron chi connectivity index (χ0n) is 18.7. The van der Waals surface area contributed by atoms with Crippen molar-refractivity contribution in [3.8, 4) is 5.75 Å². The molecule has 0 bridgehead atoms. The molecule has 4 rings (SSSR count). The Morgan fingerprint density at radius 3 is 2.24 bits per heavy atom. The van der Waals surface area contributed by atoms with Crippen LogP contribution in [-0.2, 0) is 14.4 Å². The summed E-state index contributed by atoms with van der Waals surface area (Å²) in [5.74, 6) is 0.235. The van der Waals surface area contributed by atoms with Crippen molar-refractivity contribution in [2.75, 3.05) is 22.6 Å². The number of fused-ring (bicyclic) bond motifs is 1. The van der Waals surface area contributed by atoms with Crippen LogP contribution in [0.25, 0.3) is 0 Å². The van der Waals surface area contributed by atoms with Crippen LogP contribution < -0.4 is 15.0 Å². The summed E-state index contributed by atoms with van der Waals surface area (Å²) < 4.78 is 5.63. The average Bonchev–Trinajstić information content (AvgIpc) is 3.09. The molecule has 7 heteroatoms. The number of allylic oxidation sites excluding steroid dienone is 2. The number of rotatable bonds is 9. The lowest BCUT2D eigenvalue weighted by Crippen LogP contribution is -2.30. The monoisotopic (exact) mass is 464 g/mol. The SMILES string of the molecule is CCCCOc1ccc(NC(=O)CSc2ccc(N3C(=O)[C@H]4CC=CC[C@H]4C3=O)cc2)cc1. The zero-order valence-corrected chi connectivity index (χ0v) is 19.5. The molecule has 172 valence electrons. The first kappa shape index (κ1) is 23.1. The third kappa shape index (κ3) is 5.47. The van der Waals surface area contributed by atoms with Gasteiger partial charge in [-0.1, -0.05) is 25.5 Å². The quantitative estimate of drug-likeness (QED) is 0.243. The molecule has 2 aromatic rings. The number of benzene rings is 2. The highest BCUT2D eigenvalue weighted by atomic mass is 32.2. The number of ether oxygens (including phenoxy) is 1. The molecule has 2 atom stereocenters. The second-order valence-electron chi connectivity index (χ2n) is 8.22. The molecular formula is C26H28N2O4S. The molecule has 0 radical (unpaired) electrons. The summed E-state index contributed by atoms with van der Waals surface area (Å²) in [6.07, 6.45) is 7.32. The van der Waals surface area contributed by atoms with Crippen LogP contribution >= 0.6 is 11.8 Å². The van der Waals surface area contributed by atoms with Crippen molar-refractivity contribution in [1.29, 1.82) is 0 Å². The van der Waals surface area contributed by atoms with E-state index in [4.69, 9.17) is 4.74 Å². The van der Waals surface area contributed by atoms with Crippen LogP contribution in [0.15, 0.2) is 65.6 Å². The third-order valence-electron chi connectivity index (χ3n) is 5.88. The standard InChI is InChI=1S/C26H28N2O4S/c1-2-3-16-32-20-12-8-18(9-13-20)27-24(29)17-33-21-14-10-19(11-15-21)28-25(30)22-6-4-5-7-23(22)26(28)31/h4-5,8-15,22-23H,2-3,6-7,16-17H2,1H3,(H,27,29)/t22-,23+. The van der Waals surface area contributed by atoms with E-state index in [-0.39, 0.29) is 35.3 Å². The van der Waals surface area contributed by atoms with Crippen molar-refractivity contribution in [1.82, 2.24) is 0 Å². The summed E-state index contributed by atoms with van der Waals surface area (Å²) in [5.41, 5.74) is 1.32. The third-order valence-corrected chi connectivity index (χ3v) is 6.89. The Labute approximate surface area is 198 Å². The fourth-order valence-corrected chi connectivity index (χ4v) is 4.76. The van der Waals surface area contributed by atoms with Crippen molar-refractivity contribution in [2.45, 2.75) is 37.5 Å². The van der Waals surface area contributed by atoms with Crippen LogP contribution in [0, 0.1) is 11.8 Å². The van der Waals surface area contributed by atoms with Gasteiger partial charge in [-0.25, -0.2) is 0 Å². The number of nitrogens with zero attached hydrogens (tertiary/aromatic N) is 1. The van der Waals surface area contributed by atoms with Gasteiger partial charge in [0.2, 0.25) is 17.7 Å². The number of carbonyl (C=O) groups is 3. The molecule has 2 aliphatic rings. The van der Waals surface area contributed by atoms with Crippen LogP contribution in [0.3, 0.4) is 0 Å². The fraction of sp³-hybridized carbons (Fsp3) is 0.346. The first-order valence-electron chi connectivity index (χ1n) is 11.3. The van der Waals surface area contributed by atoms with Gasteiger partial charge in [-0.05, 0) is 67.8 Å². The van der Waals surface area contributed by atoms with Crippen LogP contribution in [0.2, 0.25) is 0 Å². The Kier molecular flexibility index (Phi) is 7.50. The lowest BCUT2D eigenvalue weighted by Gasteiger charge is -2.15. The minimum atomic E-state index is -0.239. The van der Waals surface area contributed by atoms with E-state index in [0.29, 0.717) is 25.1 Å². The molecule has 1 fully saturated rings. The highest BCUT2D eigenvalue weighted by molar-refractivity contribution is 8.00. The summed E-state index contributed by atoms with van der Waals surface area (Å²) >= 11 is 1.40. The number of amides is 3. The van der Waals surface area contributed by atoms with Crippen LogP contribution in [-0.4, -0.2) is 30.1 Å². The van der Waals surface area contributed by atoms with Crippen molar-refractivity contribution >= 4 is 40.9 Å². The number of nitrogens with one attached hydrogen (secondary N) is 1. The molecule has 0 spiro atoms. The normalized spacial score (nSPS) is 19.5. The molecule has 2 aromatic carbocycles. The van der Waals surface area contributed by atoms with E-state index in [2.05, 4.69) is 12.2 Å². The molecule has 6 nitrogen and oxygen atoms in total.